The smallest absolute Gasteiger partial charge is 0.150 e. The van der Waals surface area contributed by atoms with Crippen molar-refractivity contribution in [3.63, 3.8) is 0 Å². The molecule has 5 rings (SSSR count). The van der Waals surface area contributed by atoms with Crippen molar-refractivity contribution in [3.8, 4) is 22.3 Å². The minimum atomic E-state index is 0.676. The van der Waals surface area contributed by atoms with Gasteiger partial charge < -0.3 is 0 Å². The fourth-order valence-electron chi connectivity index (χ4n) is 3.92. The van der Waals surface area contributed by atoms with E-state index in [9.17, 15) is 9.59 Å². The summed E-state index contributed by atoms with van der Waals surface area (Å²) in [6.07, 6.45) is 1.72. The van der Waals surface area contributed by atoms with E-state index in [0.717, 1.165) is 34.8 Å². The molecule has 0 aliphatic rings. The van der Waals surface area contributed by atoms with Gasteiger partial charge in [0, 0.05) is 11.1 Å². The van der Waals surface area contributed by atoms with Crippen molar-refractivity contribution >= 4 is 34.1 Å². The summed E-state index contributed by atoms with van der Waals surface area (Å²) in [6.45, 7) is 0. The van der Waals surface area contributed by atoms with E-state index < -0.39 is 0 Å². The van der Waals surface area contributed by atoms with Crippen molar-refractivity contribution in [1.29, 1.82) is 0 Å². The molecule has 0 aliphatic carbocycles. The Labute approximate surface area is 174 Å². The van der Waals surface area contributed by atoms with Crippen molar-refractivity contribution < 1.29 is 9.59 Å². The van der Waals surface area contributed by atoms with Gasteiger partial charge in [0.1, 0.15) is 12.6 Å². The molecule has 0 aromatic heterocycles. The van der Waals surface area contributed by atoms with Gasteiger partial charge in [-0.1, -0.05) is 84.9 Å². The molecule has 0 bridgehead atoms. The van der Waals surface area contributed by atoms with Gasteiger partial charge in [-0.25, -0.2) is 0 Å². The van der Waals surface area contributed by atoms with Crippen LogP contribution in [-0.2, 0) is 0 Å². The number of fused-ring (bicyclic) bond motifs is 3. The second-order valence-electron chi connectivity index (χ2n) is 7.42. The molecule has 0 atom stereocenters. The highest BCUT2D eigenvalue weighted by Crippen LogP contribution is 2.33. The molecule has 30 heavy (non-hydrogen) atoms. The van der Waals surface area contributed by atoms with E-state index in [2.05, 4.69) is 48.5 Å². The molecule has 5 aromatic rings. The quantitative estimate of drug-likeness (QED) is 0.247. The number of benzene rings is 5. The minimum absolute atomic E-state index is 0.676. The average molecular weight is 386 g/mol. The highest BCUT2D eigenvalue weighted by molar-refractivity contribution is 6.10. The van der Waals surface area contributed by atoms with Crippen LogP contribution in [0.25, 0.3) is 43.8 Å². The van der Waals surface area contributed by atoms with E-state index in [1.807, 2.05) is 48.5 Å². The maximum Gasteiger partial charge on any atom is 0.150 e. The highest BCUT2D eigenvalue weighted by atomic mass is 16.1. The normalized spacial score (nSPS) is 10.9. The zero-order valence-electron chi connectivity index (χ0n) is 16.2. The SMILES string of the molecule is O=Cc1ccc(-c2ccc3ccc4ccc(-c5ccc(C=O)cc5)cc4c3c2)cc1. The van der Waals surface area contributed by atoms with Gasteiger partial charge in [-0.3, -0.25) is 9.59 Å². The van der Waals surface area contributed by atoms with Crippen LogP contribution in [0, 0.1) is 0 Å². The highest BCUT2D eigenvalue weighted by Gasteiger charge is 2.06. The number of rotatable bonds is 4. The monoisotopic (exact) mass is 386 g/mol. The number of carbonyl (C=O) groups is 2. The van der Waals surface area contributed by atoms with Gasteiger partial charge in [0.05, 0.1) is 0 Å². The predicted molar refractivity (Wildman–Crippen MR) is 123 cm³/mol. The number of aldehydes is 2. The molecule has 0 spiro atoms. The van der Waals surface area contributed by atoms with Crippen LogP contribution in [0.5, 0.6) is 0 Å². The lowest BCUT2D eigenvalue weighted by Crippen LogP contribution is -1.85. The van der Waals surface area contributed by atoms with Crippen molar-refractivity contribution in [2.45, 2.75) is 0 Å². The van der Waals surface area contributed by atoms with Gasteiger partial charge >= 0.3 is 0 Å². The Morgan fingerprint density at radius 3 is 1.10 bits per heavy atom. The van der Waals surface area contributed by atoms with Crippen LogP contribution in [0.4, 0.5) is 0 Å². The molecule has 142 valence electrons. The molecule has 0 amide bonds. The van der Waals surface area contributed by atoms with Crippen LogP contribution >= 0.6 is 0 Å². The molecular formula is C28H18O2. The van der Waals surface area contributed by atoms with Crippen molar-refractivity contribution in [3.05, 3.63) is 108 Å². The first-order valence-corrected chi connectivity index (χ1v) is 9.83. The van der Waals surface area contributed by atoms with E-state index in [1.165, 1.54) is 21.5 Å². The molecule has 2 heteroatoms. The Morgan fingerprint density at radius 1 is 0.400 bits per heavy atom. The van der Waals surface area contributed by atoms with Crippen molar-refractivity contribution in [2.24, 2.45) is 0 Å². The topological polar surface area (TPSA) is 34.1 Å². The van der Waals surface area contributed by atoms with Gasteiger partial charge in [0.15, 0.2) is 0 Å². The van der Waals surface area contributed by atoms with Gasteiger partial charge in [0.2, 0.25) is 0 Å². The maximum atomic E-state index is 10.9. The third-order valence-electron chi connectivity index (χ3n) is 5.60. The Morgan fingerprint density at radius 2 is 0.733 bits per heavy atom. The van der Waals surface area contributed by atoms with Crippen LogP contribution in [0.1, 0.15) is 20.7 Å². The predicted octanol–water partition coefficient (Wildman–Crippen LogP) is 6.95. The standard InChI is InChI=1S/C28H18O2/c29-17-19-1-5-21(6-2-19)25-13-11-23-9-10-24-12-14-26(16-28(24)27(23)15-25)22-7-3-20(18-30)4-8-22/h1-18H. The summed E-state index contributed by atoms with van der Waals surface area (Å²) in [5.74, 6) is 0. The zero-order valence-corrected chi connectivity index (χ0v) is 16.2. The molecule has 0 aliphatic heterocycles. The van der Waals surface area contributed by atoms with Crippen LogP contribution in [-0.4, -0.2) is 12.6 Å². The van der Waals surface area contributed by atoms with Crippen LogP contribution in [0.2, 0.25) is 0 Å². The van der Waals surface area contributed by atoms with Gasteiger partial charge in [-0.15, -0.1) is 0 Å². The molecular weight excluding hydrogens is 368 g/mol. The average Bonchev–Trinajstić information content (AvgIpc) is 2.83. The molecule has 0 saturated heterocycles. The van der Waals surface area contributed by atoms with Gasteiger partial charge in [-0.2, -0.15) is 0 Å². The first-order chi connectivity index (χ1) is 14.7. The second-order valence-corrected chi connectivity index (χ2v) is 7.42. The van der Waals surface area contributed by atoms with Gasteiger partial charge in [-0.05, 0) is 55.9 Å². The lowest BCUT2D eigenvalue weighted by molar-refractivity contribution is 0.111. The summed E-state index contributed by atoms with van der Waals surface area (Å²) < 4.78 is 0. The first kappa shape index (κ1) is 18.0. The van der Waals surface area contributed by atoms with Crippen LogP contribution < -0.4 is 0 Å². The lowest BCUT2D eigenvalue weighted by Gasteiger charge is -2.10. The molecule has 0 unspecified atom stereocenters. The van der Waals surface area contributed by atoms with E-state index in [-0.39, 0.29) is 0 Å². The summed E-state index contributed by atoms with van der Waals surface area (Å²) in [6, 6.07) is 32.6. The van der Waals surface area contributed by atoms with E-state index >= 15 is 0 Å². The number of hydrogen-bond donors (Lipinski definition) is 0. The summed E-state index contributed by atoms with van der Waals surface area (Å²) in [7, 11) is 0. The number of hydrogen-bond acceptors (Lipinski definition) is 2. The first-order valence-electron chi connectivity index (χ1n) is 9.83. The van der Waals surface area contributed by atoms with Gasteiger partial charge in [0.25, 0.3) is 0 Å². The van der Waals surface area contributed by atoms with Crippen molar-refractivity contribution in [1.82, 2.24) is 0 Å². The Kier molecular flexibility index (Phi) is 4.45. The number of carbonyl (C=O) groups excluding carboxylic acids is 2. The Hall–Kier alpha value is -4.04. The molecule has 0 N–H and O–H groups in total. The third kappa shape index (κ3) is 3.19. The summed E-state index contributed by atoms with van der Waals surface area (Å²) in [5, 5.41) is 4.75. The van der Waals surface area contributed by atoms with E-state index in [1.54, 1.807) is 0 Å². The molecule has 5 aromatic carbocycles. The van der Waals surface area contributed by atoms with Crippen molar-refractivity contribution in [2.75, 3.05) is 0 Å². The summed E-state index contributed by atoms with van der Waals surface area (Å²) in [4.78, 5) is 21.9. The maximum absolute atomic E-state index is 10.9. The fraction of sp³-hybridized carbons (Fsp3) is 0. The molecule has 0 saturated carbocycles. The third-order valence-corrected chi connectivity index (χ3v) is 5.60. The van der Waals surface area contributed by atoms with Crippen LogP contribution in [0.15, 0.2) is 97.1 Å². The molecule has 2 nitrogen and oxygen atoms in total. The molecule has 0 heterocycles. The van der Waals surface area contributed by atoms with E-state index in [0.29, 0.717) is 11.1 Å². The molecule has 0 radical (unpaired) electrons. The Balaban J connectivity index is 1.67. The largest absolute Gasteiger partial charge is 0.298 e. The lowest BCUT2D eigenvalue weighted by atomic mass is 9.94. The van der Waals surface area contributed by atoms with E-state index in [4.69, 9.17) is 0 Å². The molecule has 0 fully saturated rings. The second kappa shape index (κ2) is 7.41. The fourth-order valence-corrected chi connectivity index (χ4v) is 3.92. The summed E-state index contributed by atoms with van der Waals surface area (Å²) >= 11 is 0. The Bertz CT molecular complexity index is 1290. The van der Waals surface area contributed by atoms with Crippen LogP contribution in [0.3, 0.4) is 0 Å². The summed E-state index contributed by atoms with van der Waals surface area (Å²) in [5.41, 5.74) is 5.76. The zero-order chi connectivity index (χ0) is 20.5. The minimum Gasteiger partial charge on any atom is -0.298 e.